The number of hydrogen-bond acceptors (Lipinski definition) is 2. The lowest BCUT2D eigenvalue weighted by Gasteiger charge is -2.07. The molecule has 0 aliphatic rings. The molecule has 2 rings (SSSR count). The van der Waals surface area contributed by atoms with Crippen LogP contribution in [0.1, 0.15) is 5.56 Å². The third kappa shape index (κ3) is 3.97. The van der Waals surface area contributed by atoms with Crippen LogP contribution in [0.15, 0.2) is 45.5 Å². The topological polar surface area (TPSA) is 24.9 Å². The Morgan fingerprint density at radius 2 is 1.89 bits per heavy atom. The van der Waals surface area contributed by atoms with Gasteiger partial charge in [-0.2, -0.15) is 0 Å². The summed E-state index contributed by atoms with van der Waals surface area (Å²) in [5.74, 6) is 0.854. The molecule has 0 aliphatic carbocycles. The van der Waals surface area contributed by atoms with Gasteiger partial charge < -0.3 is 5.32 Å². The number of benzene rings is 1. The maximum atomic E-state index is 5.84. The van der Waals surface area contributed by atoms with Crippen LogP contribution >= 0.6 is 43.5 Å². The van der Waals surface area contributed by atoms with Gasteiger partial charge in [-0.25, -0.2) is 4.98 Å². The van der Waals surface area contributed by atoms with E-state index in [2.05, 4.69) is 42.2 Å². The van der Waals surface area contributed by atoms with E-state index < -0.39 is 0 Å². The van der Waals surface area contributed by atoms with Crippen molar-refractivity contribution in [2.45, 2.75) is 6.42 Å². The first kappa shape index (κ1) is 13.8. The van der Waals surface area contributed by atoms with E-state index in [1.807, 2.05) is 30.3 Å². The molecule has 0 atom stereocenters. The van der Waals surface area contributed by atoms with Gasteiger partial charge in [0.1, 0.15) is 5.82 Å². The molecule has 0 aliphatic heterocycles. The van der Waals surface area contributed by atoms with Crippen LogP contribution < -0.4 is 5.32 Å². The molecule has 1 aromatic heterocycles. The molecule has 0 saturated heterocycles. The van der Waals surface area contributed by atoms with E-state index >= 15 is 0 Å². The Bertz CT molecular complexity index is 529. The third-order valence-electron chi connectivity index (χ3n) is 2.43. The Balaban J connectivity index is 1.90. The largest absolute Gasteiger partial charge is 0.369 e. The standard InChI is InChI=1S/C13H11Br2ClN2/c14-10-7-12(15)13(18-8-10)17-6-5-9-1-3-11(16)4-2-9/h1-4,7-8H,5-6H2,(H,17,18). The van der Waals surface area contributed by atoms with Crippen molar-refractivity contribution in [2.75, 3.05) is 11.9 Å². The molecule has 2 nitrogen and oxygen atoms in total. The fraction of sp³-hybridized carbons (Fsp3) is 0.154. The van der Waals surface area contributed by atoms with Crippen LogP contribution in [0.5, 0.6) is 0 Å². The molecule has 1 N–H and O–H groups in total. The van der Waals surface area contributed by atoms with E-state index in [4.69, 9.17) is 11.6 Å². The van der Waals surface area contributed by atoms with Crippen LogP contribution in [0.25, 0.3) is 0 Å². The van der Waals surface area contributed by atoms with E-state index in [-0.39, 0.29) is 0 Å². The number of halogens is 3. The molecule has 0 fully saturated rings. The first-order valence-corrected chi connectivity index (χ1v) is 7.41. The van der Waals surface area contributed by atoms with Crippen molar-refractivity contribution in [3.8, 4) is 0 Å². The minimum absolute atomic E-state index is 0.768. The van der Waals surface area contributed by atoms with Crippen molar-refractivity contribution in [3.05, 3.63) is 56.1 Å². The highest BCUT2D eigenvalue weighted by Gasteiger charge is 2.01. The molecule has 0 bridgehead atoms. The Labute approximate surface area is 128 Å². The lowest BCUT2D eigenvalue weighted by Crippen LogP contribution is -2.06. The Morgan fingerprint density at radius 3 is 2.56 bits per heavy atom. The van der Waals surface area contributed by atoms with Crippen LogP contribution in [0.3, 0.4) is 0 Å². The number of hydrogen-bond donors (Lipinski definition) is 1. The van der Waals surface area contributed by atoms with Crippen molar-refractivity contribution in [3.63, 3.8) is 0 Å². The molecule has 1 aromatic carbocycles. The van der Waals surface area contributed by atoms with E-state index in [9.17, 15) is 0 Å². The number of aromatic nitrogens is 1. The Hall–Kier alpha value is -0.580. The summed E-state index contributed by atoms with van der Waals surface area (Å²) in [5.41, 5.74) is 1.25. The minimum atomic E-state index is 0.768. The van der Waals surface area contributed by atoms with Gasteiger partial charge in [0, 0.05) is 22.2 Å². The van der Waals surface area contributed by atoms with Gasteiger partial charge in [0.2, 0.25) is 0 Å². The summed E-state index contributed by atoms with van der Waals surface area (Å²) in [6, 6.07) is 9.86. The van der Waals surface area contributed by atoms with Gasteiger partial charge in [0.15, 0.2) is 0 Å². The maximum Gasteiger partial charge on any atom is 0.140 e. The number of nitrogens with one attached hydrogen (secondary N) is 1. The zero-order valence-corrected chi connectivity index (χ0v) is 13.4. The monoisotopic (exact) mass is 388 g/mol. The molecule has 0 spiro atoms. The molecule has 2 aromatic rings. The summed E-state index contributed by atoms with van der Waals surface area (Å²) in [6.45, 7) is 0.828. The summed E-state index contributed by atoms with van der Waals surface area (Å²) in [7, 11) is 0. The molecule has 0 radical (unpaired) electrons. The van der Waals surface area contributed by atoms with E-state index in [1.54, 1.807) is 6.20 Å². The number of nitrogens with zero attached hydrogens (tertiary/aromatic N) is 1. The summed E-state index contributed by atoms with van der Waals surface area (Å²) in [6.07, 6.45) is 2.71. The van der Waals surface area contributed by atoms with E-state index in [0.29, 0.717) is 0 Å². The van der Waals surface area contributed by atoms with Crippen molar-refractivity contribution in [1.82, 2.24) is 4.98 Å². The zero-order chi connectivity index (χ0) is 13.0. The molecule has 18 heavy (non-hydrogen) atoms. The quantitative estimate of drug-likeness (QED) is 0.802. The minimum Gasteiger partial charge on any atom is -0.369 e. The van der Waals surface area contributed by atoms with Gasteiger partial charge in [-0.05, 0) is 62.0 Å². The Kier molecular flexibility index (Phi) is 5.03. The summed E-state index contributed by atoms with van der Waals surface area (Å²) >= 11 is 12.7. The molecule has 1 heterocycles. The highest BCUT2D eigenvalue weighted by Crippen LogP contribution is 2.23. The normalized spacial score (nSPS) is 10.4. The lowest BCUT2D eigenvalue weighted by molar-refractivity contribution is 1.00. The van der Waals surface area contributed by atoms with Crippen LogP contribution in [0, 0.1) is 0 Å². The number of rotatable bonds is 4. The van der Waals surface area contributed by atoms with E-state index in [1.165, 1.54) is 5.56 Å². The first-order valence-electron chi connectivity index (χ1n) is 5.44. The van der Waals surface area contributed by atoms with E-state index in [0.717, 1.165) is 32.8 Å². The molecule has 0 amide bonds. The Morgan fingerprint density at radius 1 is 1.17 bits per heavy atom. The van der Waals surface area contributed by atoms with Crippen molar-refractivity contribution >= 4 is 49.3 Å². The van der Waals surface area contributed by atoms with Crippen molar-refractivity contribution < 1.29 is 0 Å². The zero-order valence-electron chi connectivity index (χ0n) is 9.46. The summed E-state index contributed by atoms with van der Waals surface area (Å²) in [4.78, 5) is 4.30. The van der Waals surface area contributed by atoms with Crippen molar-refractivity contribution in [2.24, 2.45) is 0 Å². The second kappa shape index (κ2) is 6.55. The highest BCUT2D eigenvalue weighted by atomic mass is 79.9. The van der Waals surface area contributed by atoms with Crippen LogP contribution in [0.2, 0.25) is 5.02 Å². The number of anilines is 1. The lowest BCUT2D eigenvalue weighted by atomic mass is 10.1. The average molecular weight is 391 g/mol. The molecule has 5 heteroatoms. The average Bonchev–Trinajstić information content (AvgIpc) is 2.34. The SMILES string of the molecule is Clc1ccc(CCNc2ncc(Br)cc2Br)cc1. The smallest absolute Gasteiger partial charge is 0.140 e. The fourth-order valence-electron chi connectivity index (χ4n) is 1.52. The van der Waals surface area contributed by atoms with Crippen LogP contribution in [-0.2, 0) is 6.42 Å². The summed E-state index contributed by atoms with van der Waals surface area (Å²) < 4.78 is 1.91. The maximum absolute atomic E-state index is 5.84. The van der Waals surface area contributed by atoms with Gasteiger partial charge >= 0.3 is 0 Å². The first-order chi connectivity index (χ1) is 8.65. The van der Waals surface area contributed by atoms with Gasteiger partial charge in [-0.3, -0.25) is 0 Å². The molecule has 0 unspecified atom stereocenters. The molecular weight excluding hydrogens is 379 g/mol. The third-order valence-corrected chi connectivity index (χ3v) is 3.72. The van der Waals surface area contributed by atoms with Crippen molar-refractivity contribution in [1.29, 1.82) is 0 Å². The van der Waals surface area contributed by atoms with Crippen LogP contribution in [-0.4, -0.2) is 11.5 Å². The highest BCUT2D eigenvalue weighted by molar-refractivity contribution is 9.11. The molecule has 0 saturated carbocycles. The summed E-state index contributed by atoms with van der Waals surface area (Å²) in [5, 5.41) is 4.06. The van der Waals surface area contributed by atoms with Gasteiger partial charge in [0.25, 0.3) is 0 Å². The second-order valence-electron chi connectivity index (χ2n) is 3.79. The fourth-order valence-corrected chi connectivity index (χ4v) is 2.77. The van der Waals surface area contributed by atoms with Gasteiger partial charge in [-0.15, -0.1) is 0 Å². The molecular formula is C13H11Br2ClN2. The second-order valence-corrected chi connectivity index (χ2v) is 5.99. The van der Waals surface area contributed by atoms with Gasteiger partial charge in [-0.1, -0.05) is 23.7 Å². The van der Waals surface area contributed by atoms with Crippen LogP contribution in [0.4, 0.5) is 5.82 Å². The predicted octanol–water partition coefficient (Wildman–Crippen LogP) is 4.91. The predicted molar refractivity (Wildman–Crippen MR) is 83.3 cm³/mol. The molecule has 94 valence electrons. The van der Waals surface area contributed by atoms with Gasteiger partial charge in [0.05, 0.1) is 4.47 Å². The number of pyridine rings is 1.